The third-order valence-electron chi connectivity index (χ3n) is 4.26. The Labute approximate surface area is 153 Å². The standard InChI is InChI=1S/C20H23N5O/c1-14-5-7-17(8-6-14)13-25-16(3)18(15(2)22-25)9-10-20(26)21-19-11-12-24(4)23-19/h5-12H,13H2,1-4H3,(H,21,23,26)/b10-9+. The van der Waals surface area contributed by atoms with Crippen LogP contribution in [0, 0.1) is 20.8 Å². The molecule has 134 valence electrons. The Morgan fingerprint density at radius 2 is 1.85 bits per heavy atom. The third-order valence-corrected chi connectivity index (χ3v) is 4.26. The fraction of sp³-hybridized carbons (Fsp3) is 0.250. The van der Waals surface area contributed by atoms with Crippen molar-refractivity contribution in [3.05, 3.63) is 70.7 Å². The van der Waals surface area contributed by atoms with Crippen molar-refractivity contribution < 1.29 is 4.79 Å². The average Bonchev–Trinajstić information content (AvgIpc) is 3.11. The number of aryl methyl sites for hydroxylation is 3. The Hall–Kier alpha value is -3.15. The summed E-state index contributed by atoms with van der Waals surface area (Å²) in [5.41, 5.74) is 5.34. The maximum absolute atomic E-state index is 12.1. The zero-order valence-corrected chi connectivity index (χ0v) is 15.5. The Balaban J connectivity index is 1.72. The SMILES string of the molecule is Cc1ccc(Cn2nc(C)c(/C=C/C(=O)Nc3ccn(C)n3)c2C)cc1. The monoisotopic (exact) mass is 349 g/mol. The van der Waals surface area contributed by atoms with Gasteiger partial charge in [0.1, 0.15) is 0 Å². The van der Waals surface area contributed by atoms with E-state index in [1.807, 2.05) is 24.6 Å². The second-order valence-corrected chi connectivity index (χ2v) is 6.42. The summed E-state index contributed by atoms with van der Waals surface area (Å²) in [5.74, 6) is 0.319. The molecule has 2 aromatic heterocycles. The van der Waals surface area contributed by atoms with Crippen LogP contribution >= 0.6 is 0 Å². The van der Waals surface area contributed by atoms with Crippen molar-refractivity contribution in [2.45, 2.75) is 27.3 Å². The topological polar surface area (TPSA) is 64.7 Å². The molecule has 1 aromatic carbocycles. The number of amides is 1. The molecule has 6 heteroatoms. The smallest absolute Gasteiger partial charge is 0.249 e. The van der Waals surface area contributed by atoms with E-state index < -0.39 is 0 Å². The van der Waals surface area contributed by atoms with Gasteiger partial charge in [-0.2, -0.15) is 10.2 Å². The molecule has 3 rings (SSSR count). The molecular weight excluding hydrogens is 326 g/mol. The maximum atomic E-state index is 12.1. The normalized spacial score (nSPS) is 11.2. The first-order valence-corrected chi connectivity index (χ1v) is 8.50. The molecule has 26 heavy (non-hydrogen) atoms. The number of carbonyl (C=O) groups is 1. The van der Waals surface area contributed by atoms with E-state index in [0.29, 0.717) is 12.4 Å². The van der Waals surface area contributed by atoms with Gasteiger partial charge in [0.15, 0.2) is 5.82 Å². The molecule has 3 aromatic rings. The molecule has 0 saturated heterocycles. The van der Waals surface area contributed by atoms with Crippen molar-refractivity contribution in [1.82, 2.24) is 19.6 Å². The molecular formula is C20H23N5O. The minimum absolute atomic E-state index is 0.214. The highest BCUT2D eigenvalue weighted by Gasteiger charge is 2.10. The molecule has 2 heterocycles. The molecule has 0 atom stereocenters. The third kappa shape index (κ3) is 4.08. The Bertz CT molecular complexity index is 947. The van der Waals surface area contributed by atoms with Crippen LogP contribution < -0.4 is 5.32 Å². The fourth-order valence-corrected chi connectivity index (χ4v) is 2.78. The summed E-state index contributed by atoms with van der Waals surface area (Å²) >= 11 is 0. The van der Waals surface area contributed by atoms with E-state index in [-0.39, 0.29) is 5.91 Å². The average molecular weight is 349 g/mol. The highest BCUT2D eigenvalue weighted by Crippen LogP contribution is 2.17. The fourth-order valence-electron chi connectivity index (χ4n) is 2.78. The highest BCUT2D eigenvalue weighted by atomic mass is 16.1. The number of nitrogens with zero attached hydrogens (tertiary/aromatic N) is 4. The lowest BCUT2D eigenvalue weighted by Gasteiger charge is -2.05. The number of carbonyl (C=O) groups excluding carboxylic acids is 1. The minimum atomic E-state index is -0.214. The molecule has 0 bridgehead atoms. The molecule has 0 aliphatic rings. The van der Waals surface area contributed by atoms with E-state index in [2.05, 4.69) is 46.7 Å². The molecule has 0 unspecified atom stereocenters. The zero-order valence-electron chi connectivity index (χ0n) is 15.5. The van der Waals surface area contributed by atoms with Crippen LogP contribution in [0.4, 0.5) is 5.82 Å². The number of benzene rings is 1. The summed E-state index contributed by atoms with van der Waals surface area (Å²) in [7, 11) is 1.81. The maximum Gasteiger partial charge on any atom is 0.249 e. The molecule has 0 saturated carbocycles. The van der Waals surface area contributed by atoms with Gasteiger partial charge in [-0.05, 0) is 32.4 Å². The second kappa shape index (κ2) is 7.39. The van der Waals surface area contributed by atoms with Crippen LogP contribution in [0.25, 0.3) is 6.08 Å². The lowest BCUT2D eigenvalue weighted by molar-refractivity contribution is -0.111. The van der Waals surface area contributed by atoms with Crippen molar-refractivity contribution in [2.24, 2.45) is 7.05 Å². The zero-order chi connectivity index (χ0) is 18.7. The predicted molar refractivity (Wildman–Crippen MR) is 103 cm³/mol. The number of rotatable bonds is 5. The first kappa shape index (κ1) is 17.7. The molecule has 0 radical (unpaired) electrons. The summed E-state index contributed by atoms with van der Waals surface area (Å²) in [4.78, 5) is 12.1. The van der Waals surface area contributed by atoms with Gasteiger partial charge in [-0.15, -0.1) is 0 Å². The predicted octanol–water partition coefficient (Wildman–Crippen LogP) is 3.24. The van der Waals surface area contributed by atoms with Crippen molar-refractivity contribution in [3.8, 4) is 0 Å². The summed E-state index contributed by atoms with van der Waals surface area (Å²) < 4.78 is 3.61. The van der Waals surface area contributed by atoms with E-state index in [4.69, 9.17) is 0 Å². The van der Waals surface area contributed by atoms with Gasteiger partial charge in [0.25, 0.3) is 0 Å². The number of hydrogen-bond donors (Lipinski definition) is 1. The quantitative estimate of drug-likeness (QED) is 0.719. The molecule has 0 fully saturated rings. The largest absolute Gasteiger partial charge is 0.306 e. The van der Waals surface area contributed by atoms with Crippen LogP contribution in [0.5, 0.6) is 0 Å². The van der Waals surface area contributed by atoms with E-state index in [0.717, 1.165) is 17.0 Å². The second-order valence-electron chi connectivity index (χ2n) is 6.42. The number of hydrogen-bond acceptors (Lipinski definition) is 3. The van der Waals surface area contributed by atoms with Gasteiger partial charge >= 0.3 is 0 Å². The summed E-state index contributed by atoms with van der Waals surface area (Å²) in [6.07, 6.45) is 5.10. The van der Waals surface area contributed by atoms with Crippen molar-refractivity contribution in [2.75, 3.05) is 5.32 Å². The van der Waals surface area contributed by atoms with Crippen LogP contribution in [0.1, 0.15) is 28.1 Å². The molecule has 0 aliphatic heterocycles. The summed E-state index contributed by atoms with van der Waals surface area (Å²) in [6, 6.07) is 10.2. The van der Waals surface area contributed by atoms with E-state index in [1.165, 1.54) is 17.2 Å². The van der Waals surface area contributed by atoms with E-state index in [9.17, 15) is 4.79 Å². The lowest BCUT2D eigenvalue weighted by Crippen LogP contribution is -2.08. The summed E-state index contributed by atoms with van der Waals surface area (Å²) in [6.45, 7) is 6.76. The molecule has 1 N–H and O–H groups in total. The molecule has 6 nitrogen and oxygen atoms in total. The van der Waals surface area contributed by atoms with E-state index in [1.54, 1.807) is 24.0 Å². The highest BCUT2D eigenvalue weighted by molar-refractivity contribution is 6.01. The van der Waals surface area contributed by atoms with Gasteiger partial charge in [-0.25, -0.2) is 0 Å². The first-order valence-electron chi connectivity index (χ1n) is 8.50. The van der Waals surface area contributed by atoms with Crippen molar-refractivity contribution >= 4 is 17.8 Å². The number of nitrogens with one attached hydrogen (secondary N) is 1. The Morgan fingerprint density at radius 3 is 2.50 bits per heavy atom. The van der Waals surface area contributed by atoms with Gasteiger partial charge in [0.2, 0.25) is 5.91 Å². The lowest BCUT2D eigenvalue weighted by atomic mass is 10.1. The Kier molecular flexibility index (Phi) is 5.02. The van der Waals surface area contributed by atoms with Gasteiger partial charge in [-0.3, -0.25) is 14.2 Å². The van der Waals surface area contributed by atoms with Crippen LogP contribution in [0.2, 0.25) is 0 Å². The van der Waals surface area contributed by atoms with Crippen molar-refractivity contribution in [1.29, 1.82) is 0 Å². The molecule has 0 spiro atoms. The van der Waals surface area contributed by atoms with Gasteiger partial charge in [0.05, 0.1) is 12.2 Å². The van der Waals surface area contributed by atoms with Gasteiger partial charge in [0, 0.05) is 36.6 Å². The first-order chi connectivity index (χ1) is 12.4. The van der Waals surface area contributed by atoms with Crippen LogP contribution in [-0.2, 0) is 18.4 Å². The number of aromatic nitrogens is 4. The molecule has 1 amide bonds. The minimum Gasteiger partial charge on any atom is -0.306 e. The van der Waals surface area contributed by atoms with Crippen molar-refractivity contribution in [3.63, 3.8) is 0 Å². The summed E-state index contributed by atoms with van der Waals surface area (Å²) in [5, 5.41) is 11.5. The van der Waals surface area contributed by atoms with Crippen LogP contribution in [0.15, 0.2) is 42.6 Å². The number of anilines is 1. The van der Waals surface area contributed by atoms with Crippen LogP contribution in [0.3, 0.4) is 0 Å². The molecule has 0 aliphatic carbocycles. The van der Waals surface area contributed by atoms with Gasteiger partial charge in [-0.1, -0.05) is 29.8 Å². The Morgan fingerprint density at radius 1 is 1.12 bits per heavy atom. The van der Waals surface area contributed by atoms with E-state index >= 15 is 0 Å². The van der Waals surface area contributed by atoms with Gasteiger partial charge < -0.3 is 5.32 Å². The van der Waals surface area contributed by atoms with Crippen LogP contribution in [-0.4, -0.2) is 25.5 Å².